The molecule has 0 aromatic heterocycles. The van der Waals surface area contributed by atoms with Gasteiger partial charge in [0, 0.05) is 58.3 Å². The number of rotatable bonds is 37. The maximum absolute atomic E-state index is 13.2. The molecular formula is C54H70Br2N4NaO26P. The van der Waals surface area contributed by atoms with E-state index in [-0.39, 0.29) is 148 Å². The number of benzene rings is 1. The molecule has 34 heteroatoms. The number of imide groups is 1. The number of esters is 2. The van der Waals surface area contributed by atoms with E-state index >= 15 is 0 Å². The normalized spacial score (nSPS) is 21.7. The van der Waals surface area contributed by atoms with Crippen molar-refractivity contribution in [1.82, 2.24) is 15.1 Å². The molecule has 3 aliphatic heterocycles. The monoisotopic (exact) mass is 1400 g/mol. The zero-order valence-corrected chi connectivity index (χ0v) is 54.2. The van der Waals surface area contributed by atoms with Gasteiger partial charge in [-0.3, -0.25) is 33.4 Å². The number of carboxylic acids is 1. The van der Waals surface area contributed by atoms with Crippen molar-refractivity contribution in [2.45, 2.75) is 107 Å². The van der Waals surface area contributed by atoms with Crippen LogP contribution in [-0.2, 0) is 82.4 Å². The van der Waals surface area contributed by atoms with Crippen LogP contribution in [0.5, 0.6) is 5.75 Å². The van der Waals surface area contributed by atoms with E-state index in [2.05, 4.69) is 47.0 Å². The molecule has 0 saturated carbocycles. The molecule has 88 heavy (non-hydrogen) atoms. The number of carbonyl (C=O) groups is 8. The Labute approximate surface area is 544 Å². The second kappa shape index (κ2) is 39.2. The zero-order chi connectivity index (χ0) is 64.3. The Morgan fingerprint density at radius 3 is 2.23 bits per heavy atom. The standard InChI is InChI=1S/C54H71Br2N4O26P.Na/c1-54(74,19-16-35-11-8-12-42(65)83-35)38(86-87(75,76)77)31-34(61)10-6-4-3-5-7-23-81-53(73)59(2)21-9-13-41(64)82-32-33-14-15-37(84-52-47(68)45(66)46(67)48(85-52)51(71)72)36(30-33)58-40(63)17-20-57-39(62)18-24-78-26-28-80-29-27-79-25-22-60-49(69)43(55)44(56)50(60)70;/h3-8,10,12,14-16,19,30,34-35,38,45-48,52,61,66-68,74H,9,11,13,17-18,20-29,31-32H2,1-2H3,(H,57,62)(H,58,63)(H,71,72)(H2,75,76,77);/q;+1/p-1/b4-3-,7-5+,10-6-,19-16+;/t34-,35-,38-,45+,46+,47-,48+,52-,54-;/m1./s1. The van der Waals surface area contributed by atoms with Crippen molar-refractivity contribution in [2.24, 2.45) is 0 Å². The first-order valence-corrected chi connectivity index (χ1v) is 29.9. The zero-order valence-electron chi connectivity index (χ0n) is 48.1. The molecule has 9 N–H and O–H groups in total. The van der Waals surface area contributed by atoms with Gasteiger partial charge in [0.05, 0.1) is 58.0 Å². The van der Waals surface area contributed by atoms with Gasteiger partial charge in [0.2, 0.25) is 18.1 Å². The first-order valence-electron chi connectivity index (χ1n) is 26.8. The Bertz CT molecular complexity index is 2750. The van der Waals surface area contributed by atoms with E-state index in [1.54, 1.807) is 6.08 Å². The average molecular weight is 1400 g/mol. The van der Waals surface area contributed by atoms with E-state index < -0.39 is 116 Å². The van der Waals surface area contributed by atoms with Crippen molar-refractivity contribution >= 4 is 93.0 Å². The number of phosphoric acid groups is 1. The third-order valence-electron chi connectivity index (χ3n) is 12.4. The number of halogens is 2. The van der Waals surface area contributed by atoms with Crippen LogP contribution in [-0.4, -0.2) is 221 Å². The smallest absolute Gasteiger partial charge is 0.756 e. The number of amides is 5. The second-order valence-corrected chi connectivity index (χ2v) is 22.1. The van der Waals surface area contributed by atoms with Crippen molar-refractivity contribution in [2.75, 3.05) is 78.2 Å². The van der Waals surface area contributed by atoms with Gasteiger partial charge in [-0.25, -0.2) is 14.4 Å². The summed E-state index contributed by atoms with van der Waals surface area (Å²) in [5.41, 5.74) is -1.82. The van der Waals surface area contributed by atoms with Crippen molar-refractivity contribution in [1.29, 1.82) is 0 Å². The number of anilines is 1. The van der Waals surface area contributed by atoms with Gasteiger partial charge < -0.3 is 98.4 Å². The molecule has 10 atom stereocenters. The second-order valence-electron chi connectivity index (χ2n) is 19.3. The number of aliphatic hydroxyl groups excluding tert-OH is 4. The van der Waals surface area contributed by atoms with Gasteiger partial charge >= 0.3 is 53.6 Å². The summed E-state index contributed by atoms with van der Waals surface area (Å²) in [7, 11) is -3.92. The minimum atomic E-state index is -5.36. The van der Waals surface area contributed by atoms with Crippen LogP contribution in [0, 0.1) is 0 Å². The number of allylic oxidation sites excluding steroid dienone is 4. The number of cyclic esters (lactones) is 1. The molecule has 4 rings (SSSR count). The van der Waals surface area contributed by atoms with E-state index in [1.165, 1.54) is 85.7 Å². The van der Waals surface area contributed by atoms with Crippen LogP contribution in [0.3, 0.4) is 0 Å². The molecule has 0 radical (unpaired) electrons. The van der Waals surface area contributed by atoms with Crippen molar-refractivity contribution in [3.05, 3.63) is 93.5 Å². The summed E-state index contributed by atoms with van der Waals surface area (Å²) in [6, 6.07) is 4.03. The third-order valence-corrected chi connectivity index (χ3v) is 14.9. The fourth-order valence-electron chi connectivity index (χ4n) is 7.72. The summed E-state index contributed by atoms with van der Waals surface area (Å²) < 4.78 is 59.4. The van der Waals surface area contributed by atoms with Crippen LogP contribution in [0.2, 0.25) is 0 Å². The Hall–Kier alpha value is -5.07. The van der Waals surface area contributed by atoms with Crippen LogP contribution in [0.1, 0.15) is 51.0 Å². The van der Waals surface area contributed by atoms with Gasteiger partial charge in [0.1, 0.15) is 64.0 Å². The SMILES string of the molecule is CN(CCCC(=O)OCc1ccc(O[C@@H]2O[C@H](C(=O)O)[C@@H](O)[C@H](O)[C@H]2O)c(NC(=O)CCNC(=O)CCOCCOCCOCCN2C(=O)C(Br)=C(Br)C2=O)c1)C(=O)OC/C=C/C=C\C=C/[C@@H](O)C[C@@H](OP(=O)([O-])O)[C@](C)(O)/C=C/[C@H]1CC=CC(=O)O1.[Na+]. The predicted molar refractivity (Wildman–Crippen MR) is 305 cm³/mol. The van der Waals surface area contributed by atoms with Gasteiger partial charge in [-0.2, -0.15) is 0 Å². The summed E-state index contributed by atoms with van der Waals surface area (Å²) in [4.78, 5) is 121. The molecule has 0 bridgehead atoms. The Morgan fingerprint density at radius 1 is 0.909 bits per heavy atom. The summed E-state index contributed by atoms with van der Waals surface area (Å²) in [5.74, 6) is -5.15. The van der Waals surface area contributed by atoms with Crippen LogP contribution in [0.15, 0.2) is 87.9 Å². The molecular weight excluding hydrogens is 1330 g/mol. The van der Waals surface area contributed by atoms with Crippen molar-refractivity contribution in [3.63, 3.8) is 0 Å². The maximum Gasteiger partial charge on any atom is 1.00 e. The molecule has 1 aromatic rings. The Morgan fingerprint density at radius 2 is 1.57 bits per heavy atom. The number of carboxylic acid groups (broad SMARTS) is 1. The first-order chi connectivity index (χ1) is 41.2. The number of hydrogen-bond donors (Lipinski definition) is 9. The van der Waals surface area contributed by atoms with Crippen molar-refractivity contribution in [3.8, 4) is 5.75 Å². The van der Waals surface area contributed by atoms with Gasteiger partial charge in [-0.1, -0.05) is 48.6 Å². The number of nitrogens with zero attached hydrogens (tertiary/aromatic N) is 2. The Balaban J connectivity index is 0.0000202. The van der Waals surface area contributed by atoms with Crippen LogP contribution in [0.4, 0.5) is 10.5 Å². The molecule has 1 aromatic carbocycles. The summed E-state index contributed by atoms with van der Waals surface area (Å²) >= 11 is 6.11. The van der Waals surface area contributed by atoms with E-state index in [0.717, 1.165) is 11.0 Å². The number of aliphatic carboxylic acids is 1. The van der Waals surface area contributed by atoms with Crippen molar-refractivity contribution < 1.29 is 155 Å². The number of carbonyl (C=O) groups excluding carboxylic acids is 7. The topological polar surface area (TPSA) is 432 Å². The van der Waals surface area contributed by atoms with Gasteiger partial charge in [-0.05, 0) is 75.1 Å². The number of phosphoric ester groups is 1. The average Bonchev–Trinajstić information content (AvgIpc) is 1.45. The van der Waals surface area contributed by atoms with E-state index in [4.69, 9.17) is 37.9 Å². The first kappa shape index (κ1) is 77.2. The fraction of sp³-hybridized carbons (Fsp3) is 0.519. The van der Waals surface area contributed by atoms with E-state index in [1.807, 2.05) is 0 Å². The van der Waals surface area contributed by atoms with E-state index in [9.17, 15) is 83.3 Å². The number of hydrogen-bond acceptors (Lipinski definition) is 24. The number of nitrogens with one attached hydrogen (secondary N) is 2. The molecule has 3 aliphatic rings. The summed E-state index contributed by atoms with van der Waals surface area (Å²) in [6.45, 7) is 1.63. The number of aliphatic hydroxyl groups is 5. The molecule has 1 fully saturated rings. The maximum atomic E-state index is 13.2. The van der Waals surface area contributed by atoms with E-state index in [0.29, 0.717) is 12.0 Å². The molecule has 482 valence electrons. The summed E-state index contributed by atoms with van der Waals surface area (Å²) in [6.07, 6.45) is -0.795. The quantitative estimate of drug-likeness (QED) is 0.00488. The minimum absolute atomic E-state index is 0. The largest absolute Gasteiger partial charge is 1.00 e. The van der Waals surface area contributed by atoms with Gasteiger partial charge in [-0.15, -0.1) is 0 Å². The minimum Gasteiger partial charge on any atom is -0.756 e. The van der Waals surface area contributed by atoms with Crippen LogP contribution >= 0.6 is 39.7 Å². The predicted octanol–water partition coefficient (Wildman–Crippen LogP) is -2.45. The molecule has 1 unspecified atom stereocenters. The van der Waals surface area contributed by atoms with Gasteiger partial charge in [0.15, 0.2) is 6.10 Å². The molecule has 5 amide bonds. The number of ether oxygens (including phenoxy) is 8. The molecule has 1 saturated heterocycles. The third kappa shape index (κ3) is 27.6. The fourth-order valence-corrected chi connectivity index (χ4v) is 9.11. The van der Waals surface area contributed by atoms with Crippen LogP contribution in [0.25, 0.3) is 0 Å². The molecule has 30 nitrogen and oxygen atoms in total. The molecule has 0 aliphatic carbocycles. The van der Waals surface area contributed by atoms with Crippen LogP contribution < -0.4 is 49.8 Å². The van der Waals surface area contributed by atoms with Gasteiger partial charge in [0.25, 0.3) is 19.6 Å². The molecule has 3 heterocycles. The Kier molecular flexibility index (Phi) is 34.4. The summed E-state index contributed by atoms with van der Waals surface area (Å²) in [5, 5.41) is 67.1. The molecule has 0 spiro atoms.